The highest BCUT2D eigenvalue weighted by Crippen LogP contribution is 2.27. The summed E-state index contributed by atoms with van der Waals surface area (Å²) in [5.74, 6) is -1.25. The highest BCUT2D eigenvalue weighted by Gasteiger charge is 2.12. The largest absolute Gasteiger partial charge is 0.398 e. The first-order valence-electron chi connectivity index (χ1n) is 5.80. The molecule has 6 heteroatoms. The van der Waals surface area contributed by atoms with Gasteiger partial charge in [-0.1, -0.05) is 22.0 Å². The van der Waals surface area contributed by atoms with Crippen LogP contribution < -0.4 is 16.8 Å². The standard InChI is InChI=1S/C14H13BrFN3O/c1-7-2-3-8(4-10(7)15)19-13-5-9(14(18)20)12(17)6-11(13)16/h2-6,19H,17H2,1H3,(H2,18,20). The number of nitrogen functional groups attached to an aromatic ring is 1. The van der Waals surface area contributed by atoms with Gasteiger partial charge in [-0.15, -0.1) is 0 Å². The number of nitrogens with one attached hydrogen (secondary N) is 1. The van der Waals surface area contributed by atoms with Gasteiger partial charge in [0.05, 0.1) is 11.3 Å². The van der Waals surface area contributed by atoms with E-state index in [1.54, 1.807) is 6.07 Å². The molecule has 0 aliphatic heterocycles. The predicted molar refractivity (Wildman–Crippen MR) is 81.5 cm³/mol. The summed E-state index contributed by atoms with van der Waals surface area (Å²) in [5.41, 5.74) is 12.7. The van der Waals surface area contributed by atoms with Gasteiger partial charge < -0.3 is 16.8 Å². The summed E-state index contributed by atoms with van der Waals surface area (Å²) in [5, 5.41) is 2.89. The number of amides is 1. The topological polar surface area (TPSA) is 81.1 Å². The Hall–Kier alpha value is -2.08. The Morgan fingerprint density at radius 3 is 2.60 bits per heavy atom. The molecule has 0 unspecified atom stereocenters. The van der Waals surface area contributed by atoms with Gasteiger partial charge in [-0.3, -0.25) is 4.79 Å². The average molecular weight is 338 g/mol. The van der Waals surface area contributed by atoms with Crippen LogP contribution in [0.25, 0.3) is 0 Å². The predicted octanol–water partition coefficient (Wildman–Crippen LogP) is 3.32. The van der Waals surface area contributed by atoms with Crippen LogP contribution in [0.4, 0.5) is 21.5 Å². The SMILES string of the molecule is Cc1ccc(Nc2cc(C(N)=O)c(N)cc2F)cc1Br. The number of anilines is 3. The minimum absolute atomic E-state index is 0.0191. The number of benzene rings is 2. The maximum Gasteiger partial charge on any atom is 0.250 e. The summed E-state index contributed by atoms with van der Waals surface area (Å²) >= 11 is 3.40. The van der Waals surface area contributed by atoms with Crippen LogP contribution in [0, 0.1) is 12.7 Å². The van der Waals surface area contributed by atoms with Crippen molar-refractivity contribution in [1.82, 2.24) is 0 Å². The van der Waals surface area contributed by atoms with Crippen LogP contribution >= 0.6 is 15.9 Å². The number of carbonyl (C=O) groups is 1. The van der Waals surface area contributed by atoms with Crippen LogP contribution in [-0.2, 0) is 0 Å². The molecular formula is C14H13BrFN3O. The molecule has 0 radical (unpaired) electrons. The molecule has 0 heterocycles. The van der Waals surface area contributed by atoms with Gasteiger partial charge in [0.25, 0.3) is 5.91 Å². The summed E-state index contributed by atoms with van der Waals surface area (Å²) in [6.45, 7) is 1.95. The molecule has 2 rings (SSSR count). The van der Waals surface area contributed by atoms with E-state index in [9.17, 15) is 9.18 Å². The molecule has 5 N–H and O–H groups in total. The molecule has 0 fully saturated rings. The zero-order valence-electron chi connectivity index (χ0n) is 10.7. The Labute approximate surface area is 124 Å². The number of halogens is 2. The van der Waals surface area contributed by atoms with Crippen molar-refractivity contribution in [1.29, 1.82) is 0 Å². The lowest BCUT2D eigenvalue weighted by Gasteiger charge is -2.11. The second-order valence-corrected chi connectivity index (χ2v) is 5.23. The quantitative estimate of drug-likeness (QED) is 0.751. The number of aryl methyl sites for hydroxylation is 1. The summed E-state index contributed by atoms with van der Waals surface area (Å²) in [7, 11) is 0. The van der Waals surface area contributed by atoms with Crippen molar-refractivity contribution in [2.45, 2.75) is 6.92 Å². The summed E-state index contributed by atoms with van der Waals surface area (Å²) in [6, 6.07) is 7.89. The van der Waals surface area contributed by atoms with Crippen LogP contribution in [0.5, 0.6) is 0 Å². The van der Waals surface area contributed by atoms with Crippen molar-refractivity contribution >= 4 is 38.9 Å². The Balaban J connectivity index is 2.40. The van der Waals surface area contributed by atoms with E-state index in [4.69, 9.17) is 11.5 Å². The summed E-state index contributed by atoms with van der Waals surface area (Å²) in [4.78, 5) is 11.2. The molecule has 0 atom stereocenters. The molecule has 1 amide bonds. The van der Waals surface area contributed by atoms with E-state index < -0.39 is 11.7 Å². The number of hydrogen-bond acceptors (Lipinski definition) is 3. The fourth-order valence-corrected chi connectivity index (χ4v) is 2.10. The van der Waals surface area contributed by atoms with E-state index in [0.717, 1.165) is 16.1 Å². The van der Waals surface area contributed by atoms with Crippen LogP contribution in [-0.4, -0.2) is 5.91 Å². The Kier molecular flexibility index (Phi) is 3.94. The van der Waals surface area contributed by atoms with Crippen molar-refractivity contribution in [3.8, 4) is 0 Å². The number of rotatable bonds is 3. The van der Waals surface area contributed by atoms with Gasteiger partial charge in [0.15, 0.2) is 0 Å². The molecule has 0 aliphatic rings. The fourth-order valence-electron chi connectivity index (χ4n) is 1.72. The van der Waals surface area contributed by atoms with E-state index in [-0.39, 0.29) is 16.9 Å². The normalized spacial score (nSPS) is 10.3. The monoisotopic (exact) mass is 337 g/mol. The Morgan fingerprint density at radius 2 is 2.00 bits per heavy atom. The average Bonchev–Trinajstić information content (AvgIpc) is 2.36. The number of hydrogen-bond donors (Lipinski definition) is 3. The van der Waals surface area contributed by atoms with Crippen molar-refractivity contribution < 1.29 is 9.18 Å². The molecule has 0 aromatic heterocycles. The Morgan fingerprint density at radius 1 is 1.30 bits per heavy atom. The molecule has 0 spiro atoms. The second-order valence-electron chi connectivity index (χ2n) is 4.37. The molecule has 0 bridgehead atoms. The molecule has 2 aromatic carbocycles. The first-order valence-corrected chi connectivity index (χ1v) is 6.60. The van der Waals surface area contributed by atoms with E-state index in [2.05, 4.69) is 21.2 Å². The van der Waals surface area contributed by atoms with Crippen molar-refractivity contribution in [3.63, 3.8) is 0 Å². The van der Waals surface area contributed by atoms with Crippen LogP contribution in [0.2, 0.25) is 0 Å². The molecule has 104 valence electrons. The molecule has 0 saturated heterocycles. The third kappa shape index (κ3) is 2.91. The second kappa shape index (κ2) is 5.50. The third-order valence-corrected chi connectivity index (χ3v) is 3.71. The van der Waals surface area contributed by atoms with Gasteiger partial charge >= 0.3 is 0 Å². The summed E-state index contributed by atoms with van der Waals surface area (Å²) in [6.07, 6.45) is 0. The fraction of sp³-hybridized carbons (Fsp3) is 0.0714. The first kappa shape index (κ1) is 14.3. The van der Waals surface area contributed by atoms with Gasteiger partial charge in [0.1, 0.15) is 5.82 Å². The highest BCUT2D eigenvalue weighted by molar-refractivity contribution is 9.10. The Bertz CT molecular complexity index is 688. The van der Waals surface area contributed by atoms with Gasteiger partial charge in [-0.25, -0.2) is 4.39 Å². The van der Waals surface area contributed by atoms with Crippen molar-refractivity contribution in [2.24, 2.45) is 5.73 Å². The summed E-state index contributed by atoms with van der Waals surface area (Å²) < 4.78 is 14.7. The molecule has 0 saturated carbocycles. The van der Waals surface area contributed by atoms with Crippen molar-refractivity contribution in [2.75, 3.05) is 11.1 Å². The smallest absolute Gasteiger partial charge is 0.250 e. The molecule has 0 aliphatic carbocycles. The van der Waals surface area contributed by atoms with E-state index >= 15 is 0 Å². The molecule has 2 aromatic rings. The highest BCUT2D eigenvalue weighted by atomic mass is 79.9. The molecule has 4 nitrogen and oxygen atoms in total. The maximum absolute atomic E-state index is 13.9. The van der Waals surface area contributed by atoms with Crippen LogP contribution in [0.3, 0.4) is 0 Å². The number of carbonyl (C=O) groups excluding carboxylic acids is 1. The number of primary amides is 1. The van der Waals surface area contributed by atoms with Gasteiger partial charge in [0.2, 0.25) is 0 Å². The minimum Gasteiger partial charge on any atom is -0.398 e. The first-order chi connectivity index (χ1) is 9.38. The third-order valence-electron chi connectivity index (χ3n) is 2.86. The van der Waals surface area contributed by atoms with E-state index in [1.807, 2.05) is 19.1 Å². The van der Waals surface area contributed by atoms with E-state index in [0.29, 0.717) is 5.69 Å². The van der Waals surface area contributed by atoms with Gasteiger partial charge in [-0.2, -0.15) is 0 Å². The minimum atomic E-state index is -0.698. The lowest BCUT2D eigenvalue weighted by Crippen LogP contribution is -2.14. The van der Waals surface area contributed by atoms with Crippen LogP contribution in [0.15, 0.2) is 34.8 Å². The zero-order chi connectivity index (χ0) is 14.9. The van der Waals surface area contributed by atoms with E-state index in [1.165, 1.54) is 6.07 Å². The zero-order valence-corrected chi connectivity index (χ0v) is 12.3. The lowest BCUT2D eigenvalue weighted by molar-refractivity contribution is 0.100. The van der Waals surface area contributed by atoms with Gasteiger partial charge in [0, 0.05) is 15.8 Å². The number of nitrogens with two attached hydrogens (primary N) is 2. The van der Waals surface area contributed by atoms with Crippen LogP contribution in [0.1, 0.15) is 15.9 Å². The maximum atomic E-state index is 13.9. The lowest BCUT2D eigenvalue weighted by atomic mass is 10.1. The van der Waals surface area contributed by atoms with Crippen molar-refractivity contribution in [3.05, 3.63) is 51.7 Å². The molecular weight excluding hydrogens is 325 g/mol. The molecule has 20 heavy (non-hydrogen) atoms. The van der Waals surface area contributed by atoms with Gasteiger partial charge in [-0.05, 0) is 36.8 Å².